The van der Waals surface area contributed by atoms with Gasteiger partial charge in [-0.15, -0.1) is 0 Å². The molecule has 0 bridgehead atoms. The Hall–Kier alpha value is -3.11. The molecule has 1 saturated heterocycles. The van der Waals surface area contributed by atoms with E-state index in [4.69, 9.17) is 9.47 Å². The Labute approximate surface area is 187 Å². The van der Waals surface area contributed by atoms with Crippen molar-refractivity contribution < 1.29 is 27.5 Å². The van der Waals surface area contributed by atoms with Gasteiger partial charge in [-0.2, -0.15) is 4.31 Å². The van der Waals surface area contributed by atoms with Gasteiger partial charge in [0.25, 0.3) is 0 Å². The first-order valence-corrected chi connectivity index (χ1v) is 11.8. The molecule has 4 rings (SSSR count). The number of amides is 2. The SMILES string of the molecule is COc1ccc(NC(=O)[C@@H]2CCCN2S(=O)(=O)c2ccc3c(c2)N(C(C)=O)CCO3)cc1. The Bertz CT molecular complexity index is 1130. The Morgan fingerprint density at radius 1 is 1.12 bits per heavy atom. The number of ether oxygens (including phenoxy) is 2. The topological polar surface area (TPSA) is 105 Å². The maximum Gasteiger partial charge on any atom is 0.243 e. The first-order valence-electron chi connectivity index (χ1n) is 10.3. The maximum atomic E-state index is 13.4. The van der Waals surface area contributed by atoms with Gasteiger partial charge in [-0.05, 0) is 55.3 Å². The molecule has 10 heteroatoms. The molecule has 2 aliphatic heterocycles. The molecule has 1 atom stereocenters. The minimum atomic E-state index is -3.96. The Balaban J connectivity index is 1.58. The average molecular weight is 460 g/mol. The largest absolute Gasteiger partial charge is 0.497 e. The first kappa shape index (κ1) is 22.1. The molecule has 32 heavy (non-hydrogen) atoms. The fraction of sp³-hybridized carbons (Fsp3) is 0.364. The van der Waals surface area contributed by atoms with Crippen LogP contribution in [-0.2, 0) is 19.6 Å². The summed E-state index contributed by atoms with van der Waals surface area (Å²) in [4.78, 5) is 26.4. The van der Waals surface area contributed by atoms with Crippen LogP contribution in [-0.4, -0.2) is 57.4 Å². The van der Waals surface area contributed by atoms with Gasteiger partial charge in [-0.25, -0.2) is 8.42 Å². The second kappa shape index (κ2) is 8.79. The van der Waals surface area contributed by atoms with Crippen LogP contribution in [0.4, 0.5) is 11.4 Å². The third-order valence-corrected chi connectivity index (χ3v) is 7.55. The van der Waals surface area contributed by atoms with E-state index >= 15 is 0 Å². The zero-order valence-corrected chi connectivity index (χ0v) is 18.7. The molecule has 2 aliphatic rings. The molecule has 170 valence electrons. The van der Waals surface area contributed by atoms with Crippen molar-refractivity contribution in [3.63, 3.8) is 0 Å². The lowest BCUT2D eigenvalue weighted by Gasteiger charge is -2.30. The van der Waals surface area contributed by atoms with Crippen LogP contribution in [0, 0.1) is 0 Å². The Kier molecular flexibility index (Phi) is 6.07. The molecule has 0 aromatic heterocycles. The highest BCUT2D eigenvalue weighted by Gasteiger charge is 2.40. The summed E-state index contributed by atoms with van der Waals surface area (Å²) in [7, 11) is -2.41. The molecule has 0 aliphatic carbocycles. The van der Waals surface area contributed by atoms with Gasteiger partial charge in [0.05, 0.1) is 24.2 Å². The van der Waals surface area contributed by atoms with E-state index in [2.05, 4.69) is 5.32 Å². The Morgan fingerprint density at radius 3 is 2.56 bits per heavy atom. The van der Waals surface area contributed by atoms with Crippen LogP contribution in [0.5, 0.6) is 11.5 Å². The fourth-order valence-corrected chi connectivity index (χ4v) is 5.69. The summed E-state index contributed by atoms with van der Waals surface area (Å²) in [6.07, 6.45) is 1.00. The Morgan fingerprint density at radius 2 is 1.88 bits per heavy atom. The molecule has 0 radical (unpaired) electrons. The summed E-state index contributed by atoms with van der Waals surface area (Å²) in [5.41, 5.74) is 0.978. The van der Waals surface area contributed by atoms with Gasteiger partial charge in [0, 0.05) is 19.2 Å². The van der Waals surface area contributed by atoms with Crippen molar-refractivity contribution in [1.29, 1.82) is 0 Å². The number of nitrogens with zero attached hydrogens (tertiary/aromatic N) is 2. The standard InChI is InChI=1S/C22H25N3O6S/c1-15(26)24-12-13-31-21-10-9-18(14-20(21)24)32(28,29)25-11-3-4-19(25)22(27)23-16-5-7-17(30-2)8-6-16/h5-10,14,19H,3-4,11-13H2,1-2H3,(H,23,27)/t19-/m0/s1. The van der Waals surface area contributed by atoms with Crippen LogP contribution in [0.15, 0.2) is 47.4 Å². The van der Waals surface area contributed by atoms with Crippen molar-refractivity contribution in [1.82, 2.24) is 4.31 Å². The van der Waals surface area contributed by atoms with E-state index in [1.54, 1.807) is 37.4 Å². The number of anilines is 2. The molecule has 1 N–H and O–H groups in total. The van der Waals surface area contributed by atoms with Crippen LogP contribution < -0.4 is 19.7 Å². The van der Waals surface area contributed by atoms with E-state index in [9.17, 15) is 18.0 Å². The number of carbonyl (C=O) groups is 2. The highest BCUT2D eigenvalue weighted by Crippen LogP contribution is 2.36. The van der Waals surface area contributed by atoms with Gasteiger partial charge in [-0.3, -0.25) is 9.59 Å². The van der Waals surface area contributed by atoms with Gasteiger partial charge in [0.2, 0.25) is 21.8 Å². The molecular weight excluding hydrogens is 434 g/mol. The van der Waals surface area contributed by atoms with Crippen molar-refractivity contribution >= 4 is 33.2 Å². The van der Waals surface area contributed by atoms with Crippen LogP contribution >= 0.6 is 0 Å². The number of rotatable bonds is 5. The number of fused-ring (bicyclic) bond motifs is 1. The lowest BCUT2D eigenvalue weighted by molar-refractivity contribution is -0.119. The van der Waals surface area contributed by atoms with E-state index in [0.717, 1.165) is 0 Å². The molecule has 0 unspecified atom stereocenters. The van der Waals surface area contributed by atoms with E-state index in [0.29, 0.717) is 48.9 Å². The summed E-state index contributed by atoms with van der Waals surface area (Å²) in [6.45, 7) is 2.37. The second-order valence-corrected chi connectivity index (χ2v) is 9.53. The maximum absolute atomic E-state index is 13.4. The predicted molar refractivity (Wildman–Crippen MR) is 119 cm³/mol. The molecule has 2 aromatic rings. The van der Waals surface area contributed by atoms with Crippen LogP contribution in [0.1, 0.15) is 19.8 Å². The zero-order valence-electron chi connectivity index (χ0n) is 17.9. The summed E-state index contributed by atoms with van der Waals surface area (Å²) in [6, 6.07) is 10.5. The van der Waals surface area contributed by atoms with E-state index in [1.807, 2.05) is 0 Å². The summed E-state index contributed by atoms with van der Waals surface area (Å²) in [5.74, 6) is 0.537. The number of carbonyl (C=O) groups excluding carboxylic acids is 2. The van der Waals surface area contributed by atoms with Crippen LogP contribution in [0.25, 0.3) is 0 Å². The number of benzene rings is 2. The van der Waals surface area contributed by atoms with Gasteiger partial charge in [0.15, 0.2) is 0 Å². The number of nitrogens with one attached hydrogen (secondary N) is 1. The molecule has 2 amide bonds. The molecule has 2 aromatic carbocycles. The van der Waals surface area contributed by atoms with E-state index in [-0.39, 0.29) is 23.3 Å². The molecular formula is C22H25N3O6S. The number of hydrogen-bond acceptors (Lipinski definition) is 6. The van der Waals surface area contributed by atoms with Crippen molar-refractivity contribution in [2.45, 2.75) is 30.7 Å². The van der Waals surface area contributed by atoms with E-state index < -0.39 is 16.1 Å². The monoisotopic (exact) mass is 459 g/mol. The summed E-state index contributed by atoms with van der Waals surface area (Å²) in [5, 5.41) is 2.79. The number of sulfonamides is 1. The average Bonchev–Trinajstić information content (AvgIpc) is 3.30. The van der Waals surface area contributed by atoms with Gasteiger partial charge >= 0.3 is 0 Å². The highest BCUT2D eigenvalue weighted by atomic mass is 32.2. The van der Waals surface area contributed by atoms with Crippen molar-refractivity contribution in [2.75, 3.05) is 37.0 Å². The van der Waals surface area contributed by atoms with E-state index in [1.165, 1.54) is 28.3 Å². The van der Waals surface area contributed by atoms with Crippen molar-refractivity contribution in [3.05, 3.63) is 42.5 Å². The molecule has 0 spiro atoms. The fourth-order valence-electron chi connectivity index (χ4n) is 4.01. The molecule has 2 heterocycles. The first-order chi connectivity index (χ1) is 15.3. The minimum Gasteiger partial charge on any atom is -0.497 e. The normalized spacial score (nSPS) is 18.6. The second-order valence-electron chi connectivity index (χ2n) is 7.64. The van der Waals surface area contributed by atoms with Gasteiger partial charge < -0.3 is 19.7 Å². The third kappa shape index (κ3) is 4.15. The lowest BCUT2D eigenvalue weighted by atomic mass is 10.2. The van der Waals surface area contributed by atoms with Gasteiger partial charge in [-0.1, -0.05) is 0 Å². The van der Waals surface area contributed by atoms with Crippen LogP contribution in [0.2, 0.25) is 0 Å². The smallest absolute Gasteiger partial charge is 0.243 e. The van der Waals surface area contributed by atoms with Crippen molar-refractivity contribution in [3.8, 4) is 11.5 Å². The third-order valence-electron chi connectivity index (χ3n) is 5.64. The highest BCUT2D eigenvalue weighted by molar-refractivity contribution is 7.89. The molecule has 1 fully saturated rings. The zero-order chi connectivity index (χ0) is 22.9. The number of hydrogen-bond donors (Lipinski definition) is 1. The molecule has 9 nitrogen and oxygen atoms in total. The quantitative estimate of drug-likeness (QED) is 0.735. The minimum absolute atomic E-state index is 0.0251. The molecule has 0 saturated carbocycles. The van der Waals surface area contributed by atoms with Crippen molar-refractivity contribution in [2.24, 2.45) is 0 Å². The lowest BCUT2D eigenvalue weighted by Crippen LogP contribution is -2.43. The summed E-state index contributed by atoms with van der Waals surface area (Å²) < 4.78 is 38.8. The summed E-state index contributed by atoms with van der Waals surface area (Å²) >= 11 is 0. The predicted octanol–water partition coefficient (Wildman–Crippen LogP) is 2.23. The van der Waals surface area contributed by atoms with Crippen LogP contribution in [0.3, 0.4) is 0 Å². The van der Waals surface area contributed by atoms with Gasteiger partial charge in [0.1, 0.15) is 24.1 Å². The number of methoxy groups -OCH3 is 1.